The molecular weight excluding hydrogens is 1830 g/mol. The molecule has 12 heterocycles. The van der Waals surface area contributed by atoms with Gasteiger partial charge in [-0.05, 0) is 188 Å². The normalized spacial score (nSPS) is 21.8. The molecule has 9 aliphatic heterocycles. The summed E-state index contributed by atoms with van der Waals surface area (Å²) in [5.41, 5.74) is 8.17. The summed E-state index contributed by atoms with van der Waals surface area (Å²) >= 11 is 30.4. The maximum absolute atomic E-state index is 13.1. The number of ether oxygens (including phenoxy) is 7. The number of carbonyl (C=O) groups is 3. The number of hydrogen-bond donors (Lipinski definition) is 0. The van der Waals surface area contributed by atoms with Gasteiger partial charge in [0.1, 0.15) is 62.3 Å². The SMILES string of the molecule is C=CC(=O)Cl.C[Si](C)(C)Cl.[C-]#[N+]C[C@@H]1CCCN(c2nc(OC[C@@H]3CCCN3C)nc3c2COC(c2cccc4cccc(Cl)c24)C3)C1.[C-]#[N+]C[C@H]1CN(c2nc(OC[C@@H]3CCCN3C)nc3c2COC(c2cccc4cccc(Cl)c24)C3)CCN1C(=O)C=C.[C-]#[N+]C[C@H]1CN(c2nc(OC[C@@H]3CCCN3C)nc3c2COC(c2cccc4cccc(Cl)c24)C3)CCN1C(=O)OC(C)(C)C. The van der Waals surface area contributed by atoms with Crippen molar-refractivity contribution in [3.05, 3.63) is 234 Å². The molecule has 3 aromatic heterocycles. The van der Waals surface area contributed by atoms with Crippen LogP contribution in [0.5, 0.6) is 18.0 Å². The van der Waals surface area contributed by atoms with Crippen LogP contribution in [0.4, 0.5) is 22.2 Å². The average molecular weight is 1950 g/mol. The van der Waals surface area contributed by atoms with Crippen molar-refractivity contribution in [3.63, 3.8) is 0 Å². The monoisotopic (exact) mass is 1950 g/mol. The molecular formula is C102H122Cl5N17O10Si. The first-order valence-corrected chi connectivity index (χ1v) is 52.7. The molecule has 0 saturated carbocycles. The van der Waals surface area contributed by atoms with Crippen molar-refractivity contribution in [1.29, 1.82) is 0 Å². The van der Waals surface area contributed by atoms with Crippen molar-refractivity contribution < 1.29 is 47.5 Å². The number of halogens is 5. The van der Waals surface area contributed by atoms with E-state index in [2.05, 4.69) is 159 Å². The predicted octanol–water partition coefficient (Wildman–Crippen LogP) is 19.3. The van der Waals surface area contributed by atoms with Gasteiger partial charge in [0.25, 0.3) is 0 Å². The van der Waals surface area contributed by atoms with Gasteiger partial charge in [-0.15, -0.1) is 0 Å². The number of likely N-dealkylation sites (N-methyl/N-ethyl adjacent to an activating group) is 3. The zero-order chi connectivity index (χ0) is 95.8. The minimum atomic E-state index is -1.14. The highest BCUT2D eigenvalue weighted by Crippen LogP contribution is 2.45. The molecule has 6 saturated heterocycles. The first-order chi connectivity index (χ1) is 64.9. The van der Waals surface area contributed by atoms with Crippen molar-refractivity contribution >= 4 is 132 Å². The molecule has 18 rings (SSSR count). The van der Waals surface area contributed by atoms with Crippen LogP contribution in [-0.4, -0.2) is 247 Å². The summed E-state index contributed by atoms with van der Waals surface area (Å²) in [6.45, 7) is 52.5. The maximum Gasteiger partial charge on any atom is 0.410 e. The summed E-state index contributed by atoms with van der Waals surface area (Å²) in [4.78, 5) is 92.6. The molecule has 9 aliphatic rings. The lowest BCUT2D eigenvalue weighted by atomic mass is 9.94. The van der Waals surface area contributed by atoms with Crippen LogP contribution < -0.4 is 28.9 Å². The fourth-order valence-electron chi connectivity index (χ4n) is 19.2. The highest BCUT2D eigenvalue weighted by molar-refractivity contribution is 7.18. The van der Waals surface area contributed by atoms with Crippen molar-refractivity contribution in [3.8, 4) is 18.0 Å². The number of piperazine rings is 2. The summed E-state index contributed by atoms with van der Waals surface area (Å²) in [6.07, 6.45) is 12.0. The molecule has 0 N–H and O–H groups in total. The number of likely N-dealkylation sites (tertiary alicyclic amines) is 3. The summed E-state index contributed by atoms with van der Waals surface area (Å²) in [7, 11) is 5.26. The molecule has 714 valence electrons. The summed E-state index contributed by atoms with van der Waals surface area (Å²) in [5, 5.41) is 7.89. The Labute approximate surface area is 818 Å². The lowest BCUT2D eigenvalue weighted by molar-refractivity contribution is -0.128. The molecule has 3 unspecified atom stereocenters. The molecule has 2 amide bonds. The minimum Gasteiger partial charge on any atom is -0.462 e. The van der Waals surface area contributed by atoms with Gasteiger partial charge in [0.05, 0.1) is 55.2 Å². The van der Waals surface area contributed by atoms with Gasteiger partial charge in [-0.25, -0.2) is 24.5 Å². The molecule has 135 heavy (non-hydrogen) atoms. The topological polar surface area (TPSA) is 232 Å². The Morgan fingerprint density at radius 1 is 0.467 bits per heavy atom. The first-order valence-electron chi connectivity index (χ1n) is 46.7. The van der Waals surface area contributed by atoms with E-state index in [0.717, 1.165) is 189 Å². The van der Waals surface area contributed by atoms with Crippen LogP contribution in [0.1, 0.15) is 141 Å². The minimum absolute atomic E-state index is 0.154. The Hall–Kier alpha value is -10.1. The number of rotatable bonds is 20. The number of anilines is 3. The highest BCUT2D eigenvalue weighted by Gasteiger charge is 2.42. The van der Waals surface area contributed by atoms with E-state index in [9.17, 15) is 14.4 Å². The van der Waals surface area contributed by atoms with Crippen LogP contribution in [0.2, 0.25) is 34.7 Å². The van der Waals surface area contributed by atoms with Crippen molar-refractivity contribution in [2.75, 3.05) is 147 Å². The van der Waals surface area contributed by atoms with Crippen molar-refractivity contribution in [1.82, 2.24) is 54.4 Å². The fourth-order valence-corrected chi connectivity index (χ4v) is 20.1. The number of aromatic nitrogens is 6. The number of benzene rings is 6. The third-order valence-corrected chi connectivity index (χ3v) is 27.2. The molecule has 27 nitrogen and oxygen atoms in total. The predicted molar refractivity (Wildman–Crippen MR) is 537 cm³/mol. The molecule has 9 atom stereocenters. The Bertz CT molecular complexity index is 5850. The lowest BCUT2D eigenvalue weighted by Gasteiger charge is -2.41. The van der Waals surface area contributed by atoms with E-state index >= 15 is 0 Å². The Balaban J connectivity index is 0.000000154. The van der Waals surface area contributed by atoms with Crippen molar-refractivity contribution in [2.24, 2.45) is 5.92 Å². The van der Waals surface area contributed by atoms with Gasteiger partial charge in [0, 0.05) is 144 Å². The standard InChI is InChI=1S/C34H41ClN6O4.C32H35ClN6O3.C30H34ClN5O2.C3H3ClO.C3H9ClSi/c1-34(2,3)45-33(42)41-16-15-40(19-24(41)18-36-4)31-26-21-43-29(25-12-6-9-22-10-7-13-27(35)30(22)25)17-28(26)37-32(38-31)44-20-23-11-8-14-39(23)5;1-4-29(40)39-15-14-38(18-23(39)17-34-2)31-25-20-41-28(24-11-5-8-21-9-6-12-26(33)30(21)24)16-27(25)35-32(36-31)42-19-22-10-7-13-37(22)3;1-32-16-20-7-5-14-36(17-20)29-24-19-37-27(23-11-3-8-21-9-4-12-25(31)28(21)23)15-26(24)33-30(34-29)38-18-22-10-6-13-35(22)2;1-2-3(4)5;1-5(2,3)4/h6-7,9-10,12-13,23-24,29H,8,11,14-21H2,1-3,5H3;4-6,8-9,11-12,22-23,28H,1,7,10,13-20H2,3H3;3-4,8-9,11-12,20,22,27H,5-7,10,13-19H2,2H3;2H,1H2;1-3H3/t23-,24-,29?;22-,23-,28?;20-,22-,27?;;/m000../s1. The van der Waals surface area contributed by atoms with Crippen LogP contribution in [-0.2, 0) is 67.6 Å². The number of amides is 2. The van der Waals surface area contributed by atoms with E-state index < -0.39 is 24.3 Å². The van der Waals surface area contributed by atoms with E-state index in [-0.39, 0.29) is 49.4 Å². The van der Waals surface area contributed by atoms with Crippen LogP contribution in [0.15, 0.2) is 135 Å². The maximum atomic E-state index is 13.1. The van der Waals surface area contributed by atoms with Crippen LogP contribution in [0.25, 0.3) is 46.9 Å². The Morgan fingerprint density at radius 3 is 1.13 bits per heavy atom. The van der Waals surface area contributed by atoms with Crippen LogP contribution in [0, 0.1) is 25.6 Å². The first kappa shape index (κ1) is 101. The Kier molecular flexibility index (Phi) is 34.7. The van der Waals surface area contributed by atoms with E-state index in [4.69, 9.17) is 140 Å². The molecule has 6 aromatic carbocycles. The second kappa shape index (κ2) is 46.4. The van der Waals surface area contributed by atoms with Gasteiger partial charge < -0.3 is 82.0 Å². The quantitative estimate of drug-likeness (QED) is 0.0227. The Morgan fingerprint density at radius 2 is 0.800 bits per heavy atom. The third kappa shape index (κ3) is 25.7. The average Bonchev–Trinajstić information content (AvgIpc) is 1.17. The molecule has 6 fully saturated rings. The summed E-state index contributed by atoms with van der Waals surface area (Å²) in [5.74, 6) is 2.61. The van der Waals surface area contributed by atoms with E-state index in [1.807, 2.05) is 69.3 Å². The van der Waals surface area contributed by atoms with Gasteiger partial charge in [0.15, 0.2) is 0 Å². The van der Waals surface area contributed by atoms with E-state index in [1.54, 1.807) is 9.80 Å². The summed E-state index contributed by atoms with van der Waals surface area (Å²) in [6, 6.07) is 38.0. The largest absolute Gasteiger partial charge is 0.462 e. The van der Waals surface area contributed by atoms with Crippen molar-refractivity contribution in [2.45, 2.75) is 185 Å². The number of allylic oxidation sites excluding steroid dienone is 1. The molecule has 33 heteroatoms. The number of carbonyl (C=O) groups excluding carboxylic acids is 3. The zero-order valence-electron chi connectivity index (χ0n) is 78.7. The van der Waals surface area contributed by atoms with Gasteiger partial charge in [-0.1, -0.05) is 159 Å². The zero-order valence-corrected chi connectivity index (χ0v) is 83.4. The van der Waals surface area contributed by atoms with Crippen LogP contribution >= 0.6 is 57.5 Å². The number of piperidine rings is 1. The number of fused-ring (bicyclic) bond motifs is 6. The highest BCUT2D eigenvalue weighted by atomic mass is 35.6. The van der Waals surface area contributed by atoms with E-state index in [0.29, 0.717) is 157 Å². The van der Waals surface area contributed by atoms with Gasteiger partial charge in [-0.2, -0.15) is 41.0 Å². The molecule has 9 aromatic rings. The molecule has 0 radical (unpaired) electrons. The number of nitrogens with zero attached hydrogens (tertiary/aromatic N) is 17. The molecule has 0 bridgehead atoms. The second-order valence-corrected chi connectivity index (χ2v) is 46.9. The molecule has 0 spiro atoms. The van der Waals surface area contributed by atoms with Gasteiger partial charge in [-0.3, -0.25) is 14.5 Å². The fraction of sp³-hybridized carbons (Fsp3) is 0.490. The summed E-state index contributed by atoms with van der Waals surface area (Å²) < 4.78 is 44.0. The third-order valence-electron chi connectivity index (χ3n) is 26.1. The lowest BCUT2D eigenvalue weighted by Crippen LogP contribution is -2.57. The number of hydrogen-bond acceptors (Lipinski definition) is 22. The van der Waals surface area contributed by atoms with Gasteiger partial charge in [0.2, 0.25) is 30.8 Å². The smallest absolute Gasteiger partial charge is 0.410 e. The van der Waals surface area contributed by atoms with E-state index in [1.165, 1.54) is 12.5 Å². The second-order valence-electron chi connectivity index (χ2n) is 37.8. The van der Waals surface area contributed by atoms with Crippen LogP contribution in [0.3, 0.4) is 0 Å². The molecule has 0 aliphatic carbocycles. The van der Waals surface area contributed by atoms with Gasteiger partial charge >= 0.3 is 24.1 Å².